The Hall–Kier alpha value is -1.15. The van der Waals surface area contributed by atoms with E-state index in [2.05, 4.69) is 45.2 Å². The first-order valence-electron chi connectivity index (χ1n) is 5.56. The second kappa shape index (κ2) is 4.02. The standard InChI is InChI=1S/C14H12BrN/c15-14-9-16-7-6-13(14)12-5-4-10-2-1-3-11(10)8-12/h4-9H,1-3H2. The van der Waals surface area contributed by atoms with Gasteiger partial charge in [0.15, 0.2) is 0 Å². The zero-order valence-electron chi connectivity index (χ0n) is 8.91. The van der Waals surface area contributed by atoms with Crippen LogP contribution in [0.4, 0.5) is 0 Å². The predicted octanol–water partition coefficient (Wildman–Crippen LogP) is 4.00. The number of fused-ring (bicyclic) bond motifs is 1. The van der Waals surface area contributed by atoms with Crippen LogP contribution in [-0.4, -0.2) is 4.98 Å². The summed E-state index contributed by atoms with van der Waals surface area (Å²) in [5.74, 6) is 0. The zero-order valence-corrected chi connectivity index (χ0v) is 10.5. The normalized spacial score (nSPS) is 13.8. The molecule has 0 bridgehead atoms. The molecule has 0 unspecified atom stereocenters. The number of hydrogen-bond donors (Lipinski definition) is 0. The van der Waals surface area contributed by atoms with Gasteiger partial charge in [0.1, 0.15) is 0 Å². The first-order chi connectivity index (χ1) is 7.84. The van der Waals surface area contributed by atoms with Crippen LogP contribution in [0.2, 0.25) is 0 Å². The lowest BCUT2D eigenvalue weighted by atomic mass is 10.0. The van der Waals surface area contributed by atoms with Crippen molar-refractivity contribution >= 4 is 15.9 Å². The summed E-state index contributed by atoms with van der Waals surface area (Å²) in [4.78, 5) is 4.10. The Morgan fingerprint density at radius 2 is 1.94 bits per heavy atom. The molecule has 1 aromatic heterocycles. The van der Waals surface area contributed by atoms with Crippen molar-refractivity contribution in [1.82, 2.24) is 4.98 Å². The molecule has 1 aliphatic rings. The fourth-order valence-corrected chi connectivity index (χ4v) is 2.83. The Balaban J connectivity index is 2.11. The number of halogens is 1. The van der Waals surface area contributed by atoms with Crippen LogP contribution < -0.4 is 0 Å². The fourth-order valence-electron chi connectivity index (χ4n) is 2.35. The summed E-state index contributed by atoms with van der Waals surface area (Å²) >= 11 is 3.55. The maximum atomic E-state index is 4.10. The van der Waals surface area contributed by atoms with E-state index in [1.54, 1.807) is 0 Å². The highest BCUT2D eigenvalue weighted by atomic mass is 79.9. The summed E-state index contributed by atoms with van der Waals surface area (Å²) in [5, 5.41) is 0. The zero-order chi connectivity index (χ0) is 11.0. The lowest BCUT2D eigenvalue weighted by molar-refractivity contribution is 0.912. The highest BCUT2D eigenvalue weighted by Gasteiger charge is 2.12. The largest absolute Gasteiger partial charge is 0.264 e. The second-order valence-electron chi connectivity index (χ2n) is 4.19. The predicted molar refractivity (Wildman–Crippen MR) is 69.4 cm³/mol. The van der Waals surface area contributed by atoms with E-state index in [1.165, 1.54) is 41.5 Å². The molecule has 1 aliphatic carbocycles. The third-order valence-electron chi connectivity index (χ3n) is 3.18. The minimum Gasteiger partial charge on any atom is -0.264 e. The molecule has 1 nitrogen and oxygen atoms in total. The van der Waals surface area contributed by atoms with E-state index in [9.17, 15) is 0 Å². The van der Waals surface area contributed by atoms with Crippen LogP contribution in [0.15, 0.2) is 41.1 Å². The Morgan fingerprint density at radius 3 is 2.81 bits per heavy atom. The van der Waals surface area contributed by atoms with Gasteiger partial charge in [-0.05, 0) is 63.5 Å². The molecule has 0 fully saturated rings. The van der Waals surface area contributed by atoms with Crippen LogP contribution in [0.25, 0.3) is 11.1 Å². The van der Waals surface area contributed by atoms with Crippen LogP contribution >= 0.6 is 15.9 Å². The monoisotopic (exact) mass is 273 g/mol. The van der Waals surface area contributed by atoms with E-state index in [-0.39, 0.29) is 0 Å². The summed E-state index contributed by atoms with van der Waals surface area (Å²) < 4.78 is 1.06. The van der Waals surface area contributed by atoms with Crippen molar-refractivity contribution in [3.63, 3.8) is 0 Å². The number of pyridine rings is 1. The van der Waals surface area contributed by atoms with Crippen LogP contribution in [0.3, 0.4) is 0 Å². The van der Waals surface area contributed by atoms with E-state index in [4.69, 9.17) is 0 Å². The molecule has 2 aromatic rings. The van der Waals surface area contributed by atoms with Crippen LogP contribution in [0, 0.1) is 0 Å². The van der Waals surface area contributed by atoms with Gasteiger partial charge >= 0.3 is 0 Å². The lowest BCUT2D eigenvalue weighted by Gasteiger charge is -2.06. The van der Waals surface area contributed by atoms with E-state index < -0.39 is 0 Å². The van der Waals surface area contributed by atoms with E-state index >= 15 is 0 Å². The van der Waals surface area contributed by atoms with Crippen molar-refractivity contribution in [3.8, 4) is 11.1 Å². The van der Waals surface area contributed by atoms with E-state index in [1.807, 2.05) is 12.4 Å². The lowest BCUT2D eigenvalue weighted by Crippen LogP contribution is -1.86. The Morgan fingerprint density at radius 1 is 1.06 bits per heavy atom. The van der Waals surface area contributed by atoms with Gasteiger partial charge in [-0.2, -0.15) is 0 Å². The molecule has 0 N–H and O–H groups in total. The highest BCUT2D eigenvalue weighted by molar-refractivity contribution is 9.10. The first kappa shape index (κ1) is 10.0. The van der Waals surface area contributed by atoms with Crippen molar-refractivity contribution in [2.45, 2.75) is 19.3 Å². The van der Waals surface area contributed by atoms with Crippen molar-refractivity contribution in [3.05, 3.63) is 52.3 Å². The molecule has 16 heavy (non-hydrogen) atoms. The quantitative estimate of drug-likeness (QED) is 0.766. The number of nitrogens with zero attached hydrogens (tertiary/aromatic N) is 1. The number of aryl methyl sites for hydroxylation is 2. The molecule has 1 heterocycles. The molecule has 0 amide bonds. The van der Waals surface area contributed by atoms with Gasteiger partial charge in [-0.15, -0.1) is 0 Å². The molecule has 3 rings (SSSR count). The highest BCUT2D eigenvalue weighted by Crippen LogP contribution is 2.31. The average molecular weight is 274 g/mol. The number of rotatable bonds is 1. The third-order valence-corrected chi connectivity index (χ3v) is 3.81. The first-order valence-corrected chi connectivity index (χ1v) is 6.35. The molecule has 0 saturated carbocycles. The summed E-state index contributed by atoms with van der Waals surface area (Å²) in [7, 11) is 0. The number of hydrogen-bond acceptors (Lipinski definition) is 1. The number of aromatic nitrogens is 1. The molecule has 80 valence electrons. The summed E-state index contributed by atoms with van der Waals surface area (Å²) in [6, 6.07) is 8.86. The molecule has 1 aromatic carbocycles. The van der Waals surface area contributed by atoms with Crippen LogP contribution in [0.1, 0.15) is 17.5 Å². The molecular formula is C14H12BrN. The van der Waals surface area contributed by atoms with Crippen molar-refractivity contribution in [1.29, 1.82) is 0 Å². The maximum absolute atomic E-state index is 4.10. The van der Waals surface area contributed by atoms with Gasteiger partial charge in [0.25, 0.3) is 0 Å². The summed E-state index contributed by atoms with van der Waals surface area (Å²) in [6.07, 6.45) is 7.46. The molecule has 0 spiro atoms. The molecule has 0 aliphatic heterocycles. The number of benzene rings is 1. The van der Waals surface area contributed by atoms with Gasteiger partial charge in [0.05, 0.1) is 0 Å². The van der Waals surface area contributed by atoms with Crippen molar-refractivity contribution in [2.75, 3.05) is 0 Å². The SMILES string of the molecule is Brc1cnccc1-c1ccc2c(c1)CCC2. The minimum absolute atomic E-state index is 1.06. The topological polar surface area (TPSA) is 12.9 Å². The van der Waals surface area contributed by atoms with Crippen molar-refractivity contribution in [2.24, 2.45) is 0 Å². The Bertz CT molecular complexity index is 534. The van der Waals surface area contributed by atoms with Crippen molar-refractivity contribution < 1.29 is 0 Å². The molecule has 0 saturated heterocycles. The van der Waals surface area contributed by atoms with Crippen LogP contribution in [-0.2, 0) is 12.8 Å². The van der Waals surface area contributed by atoms with Crippen LogP contribution in [0.5, 0.6) is 0 Å². The van der Waals surface area contributed by atoms with Gasteiger partial charge in [-0.1, -0.05) is 18.2 Å². The summed E-state index contributed by atoms with van der Waals surface area (Å²) in [5.41, 5.74) is 5.55. The summed E-state index contributed by atoms with van der Waals surface area (Å²) in [6.45, 7) is 0. The Labute approximate surface area is 104 Å². The van der Waals surface area contributed by atoms with Gasteiger partial charge in [0, 0.05) is 16.9 Å². The minimum atomic E-state index is 1.06. The van der Waals surface area contributed by atoms with Gasteiger partial charge < -0.3 is 0 Å². The van der Waals surface area contributed by atoms with E-state index in [0.717, 1.165) is 4.47 Å². The second-order valence-corrected chi connectivity index (χ2v) is 5.05. The average Bonchev–Trinajstić information content (AvgIpc) is 2.76. The fraction of sp³-hybridized carbons (Fsp3) is 0.214. The molecule has 0 atom stereocenters. The van der Waals surface area contributed by atoms with Gasteiger partial charge in [0.2, 0.25) is 0 Å². The van der Waals surface area contributed by atoms with E-state index in [0.29, 0.717) is 0 Å². The third kappa shape index (κ3) is 1.67. The maximum Gasteiger partial charge on any atom is 0.0437 e. The molecule has 0 radical (unpaired) electrons. The molecular weight excluding hydrogens is 262 g/mol. The van der Waals surface area contributed by atoms with Gasteiger partial charge in [-0.25, -0.2) is 0 Å². The Kier molecular flexibility index (Phi) is 2.52. The smallest absolute Gasteiger partial charge is 0.0437 e. The van der Waals surface area contributed by atoms with Gasteiger partial charge in [-0.3, -0.25) is 4.98 Å². The molecule has 2 heteroatoms.